The van der Waals surface area contributed by atoms with Crippen LogP contribution in [0, 0.1) is 5.92 Å². The summed E-state index contributed by atoms with van der Waals surface area (Å²) in [6, 6.07) is 6.46. The van der Waals surface area contributed by atoms with Crippen molar-refractivity contribution in [2.45, 2.75) is 26.8 Å². The van der Waals surface area contributed by atoms with Gasteiger partial charge in [0.15, 0.2) is 0 Å². The van der Waals surface area contributed by atoms with Crippen molar-refractivity contribution in [1.82, 2.24) is 4.90 Å². The number of methoxy groups -OCH3 is 1. The molecule has 6 heteroatoms. The zero-order valence-corrected chi connectivity index (χ0v) is 13.6. The van der Waals surface area contributed by atoms with E-state index in [0.717, 1.165) is 0 Å². The van der Waals surface area contributed by atoms with E-state index in [1.54, 1.807) is 31.4 Å². The summed E-state index contributed by atoms with van der Waals surface area (Å²) < 4.78 is 5.10. The largest absolute Gasteiger partial charge is 0.497 e. The number of carbonyl (C=O) groups is 2. The van der Waals surface area contributed by atoms with Crippen LogP contribution in [-0.4, -0.2) is 43.0 Å². The molecule has 2 amide bonds. The van der Waals surface area contributed by atoms with Crippen LogP contribution in [0.1, 0.15) is 20.8 Å². The van der Waals surface area contributed by atoms with Crippen molar-refractivity contribution in [2.75, 3.05) is 25.5 Å². The van der Waals surface area contributed by atoms with E-state index in [-0.39, 0.29) is 24.3 Å². The van der Waals surface area contributed by atoms with E-state index >= 15 is 0 Å². The van der Waals surface area contributed by atoms with Crippen LogP contribution in [0.3, 0.4) is 0 Å². The maximum atomic E-state index is 12.2. The molecule has 1 atom stereocenters. The van der Waals surface area contributed by atoms with Crippen LogP contribution in [0.2, 0.25) is 0 Å². The Morgan fingerprint density at radius 3 is 2.59 bits per heavy atom. The fraction of sp³-hybridized carbons (Fsp3) is 0.500. The molecule has 0 unspecified atom stereocenters. The van der Waals surface area contributed by atoms with Gasteiger partial charge in [0.05, 0.1) is 19.7 Å². The number of rotatable bonds is 7. The normalized spacial score (nSPS) is 11.9. The average Bonchev–Trinajstić information content (AvgIpc) is 2.51. The molecule has 0 spiro atoms. The highest BCUT2D eigenvalue weighted by Gasteiger charge is 2.24. The van der Waals surface area contributed by atoms with Gasteiger partial charge in [0.2, 0.25) is 11.8 Å². The zero-order valence-electron chi connectivity index (χ0n) is 13.6. The molecule has 0 aromatic heterocycles. The number of nitrogens with zero attached hydrogens (tertiary/aromatic N) is 1. The van der Waals surface area contributed by atoms with Crippen molar-refractivity contribution in [3.05, 3.63) is 24.3 Å². The van der Waals surface area contributed by atoms with E-state index in [0.29, 0.717) is 18.0 Å². The highest BCUT2D eigenvalue weighted by atomic mass is 16.5. The number of hydrogen-bond donors (Lipinski definition) is 2. The summed E-state index contributed by atoms with van der Waals surface area (Å²) in [4.78, 5) is 25.8. The van der Waals surface area contributed by atoms with Crippen molar-refractivity contribution in [1.29, 1.82) is 0 Å². The quantitative estimate of drug-likeness (QED) is 0.799. The fourth-order valence-electron chi connectivity index (χ4n) is 1.92. The molecule has 6 nitrogen and oxygen atoms in total. The van der Waals surface area contributed by atoms with Crippen molar-refractivity contribution in [3.8, 4) is 5.75 Å². The molecule has 0 aliphatic heterocycles. The van der Waals surface area contributed by atoms with Crippen LogP contribution in [0.25, 0.3) is 0 Å². The Labute approximate surface area is 131 Å². The van der Waals surface area contributed by atoms with Crippen LogP contribution >= 0.6 is 0 Å². The van der Waals surface area contributed by atoms with Gasteiger partial charge in [-0.2, -0.15) is 0 Å². The Morgan fingerprint density at radius 1 is 1.36 bits per heavy atom. The zero-order chi connectivity index (χ0) is 16.7. The van der Waals surface area contributed by atoms with E-state index in [1.807, 2.05) is 20.8 Å². The van der Waals surface area contributed by atoms with Gasteiger partial charge in [-0.25, -0.2) is 0 Å². The van der Waals surface area contributed by atoms with Crippen molar-refractivity contribution >= 4 is 17.5 Å². The van der Waals surface area contributed by atoms with Gasteiger partial charge >= 0.3 is 0 Å². The number of anilines is 1. The highest BCUT2D eigenvalue weighted by Crippen LogP contribution is 2.16. The van der Waals surface area contributed by atoms with Crippen LogP contribution in [-0.2, 0) is 9.59 Å². The summed E-state index contributed by atoms with van der Waals surface area (Å²) in [6.07, 6.45) is 0. The van der Waals surface area contributed by atoms with Gasteiger partial charge in [-0.05, 0) is 25.0 Å². The van der Waals surface area contributed by atoms with Gasteiger partial charge in [0.1, 0.15) is 5.75 Å². The molecule has 3 N–H and O–H groups in total. The van der Waals surface area contributed by atoms with Gasteiger partial charge in [-0.3, -0.25) is 9.59 Å². The second-order valence-electron chi connectivity index (χ2n) is 5.40. The molecular formula is C16H25N3O3. The first-order valence-corrected chi connectivity index (χ1v) is 7.37. The fourth-order valence-corrected chi connectivity index (χ4v) is 1.92. The Morgan fingerprint density at radius 2 is 2.05 bits per heavy atom. The topological polar surface area (TPSA) is 84.7 Å². The number of ether oxygens (including phenoxy) is 1. The van der Waals surface area contributed by atoms with Gasteiger partial charge in [0.25, 0.3) is 0 Å². The first-order chi connectivity index (χ1) is 10.4. The summed E-state index contributed by atoms with van der Waals surface area (Å²) in [5.41, 5.74) is 6.49. The molecule has 22 heavy (non-hydrogen) atoms. The molecule has 0 radical (unpaired) electrons. The minimum Gasteiger partial charge on any atom is -0.497 e. The SMILES string of the molecule is CCN(CC(=O)Nc1cccc(OC)c1)C(=O)[C@@H](N)C(C)C. The molecule has 0 fully saturated rings. The first-order valence-electron chi connectivity index (χ1n) is 7.37. The van der Waals surface area contributed by atoms with Gasteiger partial charge < -0.3 is 20.7 Å². The average molecular weight is 307 g/mol. The molecule has 1 rings (SSSR count). The third-order valence-corrected chi connectivity index (χ3v) is 3.38. The molecule has 0 heterocycles. The van der Waals surface area contributed by atoms with Crippen LogP contribution in [0.5, 0.6) is 5.75 Å². The van der Waals surface area contributed by atoms with Gasteiger partial charge in [-0.1, -0.05) is 19.9 Å². The van der Waals surface area contributed by atoms with E-state index in [9.17, 15) is 9.59 Å². The summed E-state index contributed by atoms with van der Waals surface area (Å²) >= 11 is 0. The molecular weight excluding hydrogens is 282 g/mol. The number of benzene rings is 1. The second-order valence-corrected chi connectivity index (χ2v) is 5.40. The molecule has 0 aliphatic rings. The monoisotopic (exact) mass is 307 g/mol. The lowest BCUT2D eigenvalue weighted by molar-refractivity contribution is -0.136. The molecule has 122 valence electrons. The predicted octanol–water partition coefficient (Wildman–Crippen LogP) is 1.47. The lowest BCUT2D eigenvalue weighted by atomic mass is 10.0. The van der Waals surface area contributed by atoms with Crippen LogP contribution < -0.4 is 15.8 Å². The Bertz CT molecular complexity index is 517. The molecule has 1 aromatic rings. The van der Waals surface area contributed by atoms with Crippen molar-refractivity contribution < 1.29 is 14.3 Å². The number of nitrogens with two attached hydrogens (primary N) is 1. The summed E-state index contributed by atoms with van der Waals surface area (Å²) in [7, 11) is 1.56. The number of carbonyl (C=O) groups excluding carboxylic acids is 2. The number of likely N-dealkylation sites (N-methyl/N-ethyl adjacent to an activating group) is 1. The van der Waals surface area contributed by atoms with Crippen LogP contribution in [0.15, 0.2) is 24.3 Å². The predicted molar refractivity (Wildman–Crippen MR) is 86.7 cm³/mol. The third kappa shape index (κ3) is 5.04. The summed E-state index contributed by atoms with van der Waals surface area (Å²) in [5.74, 6) is 0.212. The summed E-state index contributed by atoms with van der Waals surface area (Å²) in [6.45, 7) is 6.00. The first kappa shape index (κ1) is 18.0. The Kier molecular flexibility index (Phi) is 6.85. The third-order valence-electron chi connectivity index (χ3n) is 3.38. The maximum absolute atomic E-state index is 12.2. The standard InChI is InChI=1S/C16H25N3O3/c1-5-19(16(21)15(17)11(2)3)10-14(20)18-12-7-6-8-13(9-12)22-4/h6-9,11,15H,5,10,17H2,1-4H3,(H,18,20)/t15-/m0/s1. The molecule has 0 saturated carbocycles. The van der Waals surface area contributed by atoms with Gasteiger partial charge in [0, 0.05) is 18.3 Å². The molecule has 0 saturated heterocycles. The van der Waals surface area contributed by atoms with Crippen LogP contribution in [0.4, 0.5) is 5.69 Å². The Balaban J connectivity index is 2.67. The number of amides is 2. The number of nitrogens with one attached hydrogen (secondary N) is 1. The van der Waals surface area contributed by atoms with E-state index in [2.05, 4.69) is 5.32 Å². The van der Waals surface area contributed by atoms with E-state index in [1.165, 1.54) is 4.90 Å². The molecule has 0 aliphatic carbocycles. The minimum atomic E-state index is -0.593. The highest BCUT2D eigenvalue weighted by molar-refractivity contribution is 5.95. The molecule has 1 aromatic carbocycles. The Hall–Kier alpha value is -2.08. The van der Waals surface area contributed by atoms with E-state index in [4.69, 9.17) is 10.5 Å². The van der Waals surface area contributed by atoms with E-state index < -0.39 is 6.04 Å². The smallest absolute Gasteiger partial charge is 0.243 e. The minimum absolute atomic E-state index is 0.0209. The van der Waals surface area contributed by atoms with Crippen molar-refractivity contribution in [3.63, 3.8) is 0 Å². The summed E-state index contributed by atoms with van der Waals surface area (Å²) in [5, 5.41) is 2.75. The molecule has 0 bridgehead atoms. The number of hydrogen-bond acceptors (Lipinski definition) is 4. The lowest BCUT2D eigenvalue weighted by Gasteiger charge is -2.25. The second kappa shape index (κ2) is 8.38. The van der Waals surface area contributed by atoms with Gasteiger partial charge in [-0.15, -0.1) is 0 Å². The maximum Gasteiger partial charge on any atom is 0.243 e. The van der Waals surface area contributed by atoms with Crippen molar-refractivity contribution in [2.24, 2.45) is 11.7 Å². The lowest BCUT2D eigenvalue weighted by Crippen LogP contribution is -2.48.